The molecule has 0 atom stereocenters. The van der Waals surface area contributed by atoms with E-state index in [0.717, 1.165) is 0 Å². The van der Waals surface area contributed by atoms with Crippen molar-refractivity contribution in [3.05, 3.63) is 53.7 Å². The van der Waals surface area contributed by atoms with Gasteiger partial charge in [-0.3, -0.25) is 0 Å². The van der Waals surface area contributed by atoms with Crippen molar-refractivity contribution in [3.63, 3.8) is 0 Å². The van der Waals surface area contributed by atoms with Crippen LogP contribution in [0.3, 0.4) is 0 Å². The van der Waals surface area contributed by atoms with Crippen LogP contribution in [0.4, 0.5) is 5.69 Å². The van der Waals surface area contributed by atoms with E-state index in [9.17, 15) is 16.8 Å². The van der Waals surface area contributed by atoms with Crippen molar-refractivity contribution < 1.29 is 25.2 Å². The number of nitrogens with one attached hydrogen (secondary N) is 2. The first-order valence-electron chi connectivity index (χ1n) is 6.93. The summed E-state index contributed by atoms with van der Waals surface area (Å²) in [6.07, 6.45) is 1.54. The van der Waals surface area contributed by atoms with E-state index in [1.807, 2.05) is 0 Å². The number of benzene rings is 2. The molecule has 0 fully saturated rings. The maximum Gasteiger partial charge on any atom is 0.407 e. The fraction of sp³-hybridized carbons (Fsp3) is 0. The molecule has 12 heteroatoms. The summed E-state index contributed by atoms with van der Waals surface area (Å²) < 4.78 is 57.7. The maximum atomic E-state index is 12.2. The van der Waals surface area contributed by atoms with Crippen LogP contribution in [-0.4, -0.2) is 21.8 Å². The highest BCUT2D eigenvalue weighted by Gasteiger charge is 2.16. The average molecular weight is 418 g/mol. The summed E-state index contributed by atoms with van der Waals surface area (Å²) in [5.41, 5.74) is 0.755. The van der Waals surface area contributed by atoms with E-state index in [0.29, 0.717) is 15.9 Å². The van der Waals surface area contributed by atoms with E-state index in [4.69, 9.17) is 20.9 Å². The van der Waals surface area contributed by atoms with Crippen LogP contribution < -0.4 is 18.2 Å². The number of halogens is 1. The first-order chi connectivity index (χ1) is 12.1. The Morgan fingerprint density at radius 3 is 2.19 bits per heavy atom. The monoisotopic (exact) mass is 417 g/mol. The minimum Gasteiger partial charge on any atom is -0.371 e. The highest BCUT2D eigenvalue weighted by atomic mass is 35.5. The number of aromatic nitrogens is 1. The second-order valence-electron chi connectivity index (χ2n) is 5.05. The number of anilines is 1. The molecule has 0 aliphatic carbocycles. The van der Waals surface area contributed by atoms with Gasteiger partial charge in [-0.15, -0.1) is 0 Å². The van der Waals surface area contributed by atoms with E-state index in [1.54, 1.807) is 18.2 Å². The molecule has 138 valence electrons. The minimum atomic E-state index is -4.21. The van der Waals surface area contributed by atoms with Crippen LogP contribution in [0, 0.1) is 0 Å². The molecule has 0 aliphatic heterocycles. The number of fused-ring (bicyclic) bond motifs is 1. The molecule has 1 heterocycles. The van der Waals surface area contributed by atoms with Gasteiger partial charge < -0.3 is 13.4 Å². The number of rotatable bonds is 6. The van der Waals surface area contributed by atoms with Crippen molar-refractivity contribution in [1.29, 1.82) is 0 Å². The second kappa shape index (κ2) is 6.68. The largest absolute Gasteiger partial charge is 0.407 e. The van der Waals surface area contributed by atoms with E-state index in [1.165, 1.54) is 30.5 Å². The Morgan fingerprint density at radius 1 is 0.962 bits per heavy atom. The van der Waals surface area contributed by atoms with Crippen LogP contribution in [0.1, 0.15) is 0 Å². The SMILES string of the molecule is NS(=O)(=O)Oc1ccc(OS(=O)(=O)Nc2cccc3c(Cl)c[nH]c23)cc1. The molecule has 0 aliphatic rings. The highest BCUT2D eigenvalue weighted by molar-refractivity contribution is 7.88. The summed E-state index contributed by atoms with van der Waals surface area (Å²) in [4.78, 5) is 2.87. The zero-order valence-electron chi connectivity index (χ0n) is 12.8. The van der Waals surface area contributed by atoms with Gasteiger partial charge >= 0.3 is 20.6 Å². The van der Waals surface area contributed by atoms with Gasteiger partial charge in [0.1, 0.15) is 11.5 Å². The number of hydrogen-bond acceptors (Lipinski definition) is 6. The fourth-order valence-corrected chi connectivity index (χ4v) is 3.61. The van der Waals surface area contributed by atoms with Crippen LogP contribution in [0.2, 0.25) is 5.02 Å². The Bertz CT molecular complexity index is 1160. The molecular formula is C14H12ClN3O6S2. The first kappa shape index (κ1) is 18.3. The summed E-state index contributed by atoms with van der Waals surface area (Å²) >= 11 is 6.00. The molecule has 0 saturated carbocycles. The van der Waals surface area contributed by atoms with Gasteiger partial charge in [-0.1, -0.05) is 23.7 Å². The highest BCUT2D eigenvalue weighted by Crippen LogP contribution is 2.29. The summed E-state index contributed by atoms with van der Waals surface area (Å²) in [7, 11) is -8.39. The molecule has 26 heavy (non-hydrogen) atoms. The topological polar surface area (TPSA) is 141 Å². The number of nitrogens with two attached hydrogens (primary N) is 1. The van der Waals surface area contributed by atoms with Crippen LogP contribution in [0.25, 0.3) is 10.9 Å². The normalized spacial score (nSPS) is 12.1. The molecule has 0 radical (unpaired) electrons. The molecule has 0 spiro atoms. The van der Waals surface area contributed by atoms with Gasteiger partial charge in [-0.25, -0.2) is 4.72 Å². The van der Waals surface area contributed by atoms with E-state index < -0.39 is 20.6 Å². The van der Waals surface area contributed by atoms with Crippen molar-refractivity contribution in [1.82, 2.24) is 4.98 Å². The summed E-state index contributed by atoms with van der Waals surface area (Å²) in [6, 6.07) is 9.73. The summed E-state index contributed by atoms with van der Waals surface area (Å²) in [5.74, 6) is -0.146. The van der Waals surface area contributed by atoms with Gasteiger partial charge in [0, 0.05) is 11.6 Å². The third-order valence-corrected chi connectivity index (χ3v) is 4.76. The van der Waals surface area contributed by atoms with Crippen LogP contribution in [-0.2, 0) is 20.6 Å². The van der Waals surface area contributed by atoms with Crippen LogP contribution >= 0.6 is 11.6 Å². The van der Waals surface area contributed by atoms with Crippen molar-refractivity contribution in [2.75, 3.05) is 4.72 Å². The standard InChI is InChI=1S/C14H12ClN3O6S2/c15-12-8-17-14-11(12)2-1-3-13(14)18-26(21,22)24-10-6-4-9(5-7-10)23-25(16,19)20/h1-8,17-18H,(H2,16,19,20). The molecule has 3 rings (SSSR count). The smallest absolute Gasteiger partial charge is 0.371 e. The molecule has 0 bridgehead atoms. The van der Waals surface area contributed by atoms with Crippen molar-refractivity contribution in [2.45, 2.75) is 0 Å². The zero-order chi connectivity index (χ0) is 18.9. The predicted molar refractivity (Wildman–Crippen MR) is 96.7 cm³/mol. The molecule has 0 saturated heterocycles. The quantitative estimate of drug-likeness (QED) is 0.561. The zero-order valence-corrected chi connectivity index (χ0v) is 15.2. The lowest BCUT2D eigenvalue weighted by Gasteiger charge is -2.10. The molecule has 3 aromatic rings. The van der Waals surface area contributed by atoms with Crippen molar-refractivity contribution in [3.8, 4) is 11.5 Å². The van der Waals surface area contributed by atoms with Gasteiger partial charge in [0.05, 0.1) is 16.2 Å². The van der Waals surface area contributed by atoms with E-state index >= 15 is 0 Å². The lowest BCUT2D eigenvalue weighted by Crippen LogP contribution is -2.20. The molecule has 2 aromatic carbocycles. The van der Waals surface area contributed by atoms with Gasteiger partial charge in [0.2, 0.25) is 0 Å². The fourth-order valence-electron chi connectivity index (χ4n) is 2.17. The minimum absolute atomic E-state index is 0.0593. The Balaban J connectivity index is 1.78. The number of aromatic amines is 1. The molecule has 0 amide bonds. The molecular weight excluding hydrogens is 406 g/mol. The van der Waals surface area contributed by atoms with E-state index in [-0.39, 0.29) is 17.2 Å². The molecule has 0 unspecified atom stereocenters. The Morgan fingerprint density at radius 2 is 1.58 bits per heavy atom. The van der Waals surface area contributed by atoms with Crippen LogP contribution in [0.15, 0.2) is 48.7 Å². The van der Waals surface area contributed by atoms with Crippen molar-refractivity contribution >= 4 is 48.8 Å². The van der Waals surface area contributed by atoms with Crippen molar-refractivity contribution in [2.24, 2.45) is 5.14 Å². The third kappa shape index (κ3) is 4.38. The maximum absolute atomic E-state index is 12.2. The molecule has 9 nitrogen and oxygen atoms in total. The van der Waals surface area contributed by atoms with Gasteiger partial charge in [-0.2, -0.15) is 22.0 Å². The number of H-pyrrole nitrogens is 1. The Hall–Kier alpha value is -2.47. The van der Waals surface area contributed by atoms with E-state index in [2.05, 4.69) is 13.9 Å². The lowest BCUT2D eigenvalue weighted by atomic mass is 10.2. The first-order valence-corrected chi connectivity index (χ1v) is 10.2. The Labute approximate surface area is 154 Å². The number of hydrogen-bond donors (Lipinski definition) is 3. The average Bonchev–Trinajstić information content (AvgIpc) is 2.90. The number of para-hydroxylation sites is 1. The summed E-state index contributed by atoms with van der Waals surface area (Å²) in [6.45, 7) is 0. The van der Waals surface area contributed by atoms with Crippen LogP contribution in [0.5, 0.6) is 11.5 Å². The van der Waals surface area contributed by atoms with Gasteiger partial charge in [0.25, 0.3) is 0 Å². The predicted octanol–water partition coefficient (Wildman–Crippen LogP) is 2.14. The third-order valence-electron chi connectivity index (χ3n) is 3.14. The second-order valence-corrected chi connectivity index (χ2v) is 7.89. The molecule has 4 N–H and O–H groups in total. The van der Waals surface area contributed by atoms with Gasteiger partial charge in [-0.05, 0) is 30.3 Å². The Kier molecular flexibility index (Phi) is 4.71. The molecule has 1 aromatic heterocycles. The summed E-state index contributed by atoms with van der Waals surface area (Å²) in [5, 5.41) is 5.84. The lowest BCUT2D eigenvalue weighted by molar-refractivity contribution is 0.481. The van der Waals surface area contributed by atoms with Gasteiger partial charge in [0.15, 0.2) is 0 Å².